The van der Waals surface area contributed by atoms with Crippen LogP contribution in [-0.4, -0.2) is 15.0 Å². The number of para-hydroxylation sites is 2. The van der Waals surface area contributed by atoms with Gasteiger partial charge in [-0.25, -0.2) is 4.98 Å². The van der Waals surface area contributed by atoms with E-state index in [2.05, 4.69) is 19.9 Å². The number of nitrogens with zero attached hydrogens (tertiary/aromatic N) is 4. The van der Waals surface area contributed by atoms with Crippen molar-refractivity contribution in [2.24, 2.45) is 0 Å². The highest BCUT2D eigenvalue weighted by atomic mass is 16.3. The first-order valence-electron chi connectivity index (χ1n) is 20.9. The Kier molecular flexibility index (Phi) is 3.93. The smallest absolute Gasteiger partial charge is 0.238 e. The molecular formula is C42H30N4O. The Bertz CT molecular complexity index is 3100. The zero-order chi connectivity index (χ0) is 42.0. The molecule has 5 nitrogen and oxygen atoms in total. The highest BCUT2D eigenvalue weighted by Gasteiger charge is 2.35. The van der Waals surface area contributed by atoms with Gasteiger partial charge in [0, 0.05) is 27.6 Å². The summed E-state index contributed by atoms with van der Waals surface area (Å²) < 4.78 is 111. The van der Waals surface area contributed by atoms with Gasteiger partial charge >= 0.3 is 0 Å². The Morgan fingerprint density at radius 1 is 0.617 bits per heavy atom. The number of aromatic nitrogens is 3. The van der Waals surface area contributed by atoms with Crippen LogP contribution >= 0.6 is 0 Å². The maximum Gasteiger partial charge on any atom is 0.238 e. The van der Waals surface area contributed by atoms with Crippen LogP contribution < -0.4 is 4.90 Å². The van der Waals surface area contributed by atoms with Crippen LogP contribution in [0.3, 0.4) is 0 Å². The molecule has 1 aliphatic carbocycles. The van der Waals surface area contributed by atoms with Crippen LogP contribution in [0.5, 0.6) is 0 Å². The summed E-state index contributed by atoms with van der Waals surface area (Å²) in [5.74, 6) is -0.133. The fourth-order valence-electron chi connectivity index (χ4n) is 6.35. The molecule has 0 atom stereocenters. The molecule has 0 bridgehead atoms. The van der Waals surface area contributed by atoms with Crippen molar-refractivity contribution in [3.63, 3.8) is 0 Å². The first-order valence-corrected chi connectivity index (χ1v) is 14.9. The summed E-state index contributed by atoms with van der Waals surface area (Å²) in [4.78, 5) is 15.6. The standard InChI is InChI=1S/C42H30N4O/c1-42(2)33-20-11-9-18-30(33)32-26-28(24-25-34(32)42)40-43-39(27-14-5-3-6-15-27)44-41(45-40)46(29-16-7-4-8-17-29)35-21-13-23-37-38(35)31-19-10-12-22-36(31)47-37/h3-26H,1-2H3/i4D,7D,8D,10D,12D,13D,16D,17D,19D,21D,22D,23D. The molecule has 0 N–H and O–H groups in total. The Labute approximate surface area is 289 Å². The second-order valence-corrected chi connectivity index (χ2v) is 11.6. The van der Waals surface area contributed by atoms with Crippen LogP contribution in [0.1, 0.15) is 41.4 Å². The van der Waals surface area contributed by atoms with Crippen molar-refractivity contribution in [2.75, 3.05) is 4.90 Å². The normalized spacial score (nSPS) is 16.6. The van der Waals surface area contributed by atoms with Crippen LogP contribution in [0.4, 0.5) is 17.3 Å². The van der Waals surface area contributed by atoms with Gasteiger partial charge in [-0.1, -0.05) is 123 Å². The van der Waals surface area contributed by atoms with Crippen molar-refractivity contribution < 1.29 is 20.9 Å². The molecule has 8 aromatic rings. The van der Waals surface area contributed by atoms with E-state index in [1.54, 1.807) is 30.3 Å². The molecule has 0 saturated heterocycles. The maximum atomic E-state index is 9.39. The van der Waals surface area contributed by atoms with Gasteiger partial charge in [-0.15, -0.1) is 0 Å². The van der Waals surface area contributed by atoms with Crippen molar-refractivity contribution in [3.8, 4) is 33.9 Å². The van der Waals surface area contributed by atoms with Crippen LogP contribution in [-0.2, 0) is 5.41 Å². The van der Waals surface area contributed by atoms with Gasteiger partial charge in [0.05, 0.1) is 27.5 Å². The average molecular weight is 619 g/mol. The Hall–Kier alpha value is -6.07. The van der Waals surface area contributed by atoms with Gasteiger partial charge < -0.3 is 4.42 Å². The van der Waals surface area contributed by atoms with Crippen LogP contribution in [0, 0.1) is 0 Å². The summed E-state index contributed by atoms with van der Waals surface area (Å²) in [5, 5.41) is -0.498. The Morgan fingerprint density at radius 2 is 1.32 bits per heavy atom. The van der Waals surface area contributed by atoms with Gasteiger partial charge in [0.15, 0.2) is 11.6 Å². The van der Waals surface area contributed by atoms with Gasteiger partial charge in [0.25, 0.3) is 0 Å². The summed E-state index contributed by atoms with van der Waals surface area (Å²) in [5.41, 5.74) is 3.26. The summed E-state index contributed by atoms with van der Waals surface area (Å²) in [6.07, 6.45) is 0. The Balaban J connectivity index is 1.44. The molecule has 0 aliphatic heterocycles. The van der Waals surface area contributed by atoms with Crippen molar-refractivity contribution in [3.05, 3.63) is 156 Å². The number of hydrogen-bond acceptors (Lipinski definition) is 5. The number of furan rings is 1. The molecule has 2 aromatic heterocycles. The van der Waals surface area contributed by atoms with Gasteiger partial charge in [0.1, 0.15) is 11.2 Å². The van der Waals surface area contributed by atoms with Crippen molar-refractivity contribution in [2.45, 2.75) is 19.3 Å². The van der Waals surface area contributed by atoms with E-state index in [0.717, 1.165) is 27.2 Å². The molecule has 224 valence electrons. The lowest BCUT2D eigenvalue weighted by Crippen LogP contribution is -2.16. The summed E-state index contributed by atoms with van der Waals surface area (Å²) in [6.45, 7) is 4.29. The molecule has 47 heavy (non-hydrogen) atoms. The van der Waals surface area contributed by atoms with E-state index in [4.69, 9.17) is 34.4 Å². The number of hydrogen-bond donors (Lipinski definition) is 0. The molecule has 0 unspecified atom stereocenters. The molecule has 2 heterocycles. The summed E-state index contributed by atoms with van der Waals surface area (Å²) in [6, 6.07) is 14.7. The first-order chi connectivity index (χ1) is 28.0. The summed E-state index contributed by atoms with van der Waals surface area (Å²) >= 11 is 0. The van der Waals surface area contributed by atoms with E-state index in [-0.39, 0.29) is 39.4 Å². The predicted molar refractivity (Wildman–Crippen MR) is 190 cm³/mol. The average Bonchev–Trinajstić information content (AvgIpc) is 3.75. The maximum absolute atomic E-state index is 9.39. The van der Waals surface area contributed by atoms with Crippen molar-refractivity contribution in [1.29, 1.82) is 0 Å². The minimum atomic E-state index is -0.728. The van der Waals surface area contributed by atoms with Crippen molar-refractivity contribution >= 4 is 39.3 Å². The topological polar surface area (TPSA) is 55.1 Å². The minimum absolute atomic E-state index is 0.106. The molecule has 0 radical (unpaired) electrons. The lowest BCUT2D eigenvalue weighted by Gasteiger charge is -2.25. The fraction of sp³-hybridized carbons (Fsp3) is 0.0714. The number of anilines is 3. The van der Waals surface area contributed by atoms with Crippen LogP contribution in [0.15, 0.2) is 150 Å². The number of benzene rings is 6. The second-order valence-electron chi connectivity index (χ2n) is 11.6. The molecule has 9 rings (SSSR count). The predicted octanol–water partition coefficient (Wildman–Crippen LogP) is 10.9. The third kappa shape index (κ3) is 4.35. The third-order valence-corrected chi connectivity index (χ3v) is 8.56. The zero-order valence-corrected chi connectivity index (χ0v) is 25.1. The second kappa shape index (κ2) is 10.5. The van der Waals surface area contributed by atoms with Gasteiger partial charge in [-0.3, -0.25) is 4.90 Å². The third-order valence-electron chi connectivity index (χ3n) is 8.56. The molecule has 1 aliphatic rings. The van der Waals surface area contributed by atoms with E-state index >= 15 is 0 Å². The molecule has 0 saturated carbocycles. The fourth-order valence-corrected chi connectivity index (χ4v) is 6.35. The van der Waals surface area contributed by atoms with E-state index in [0.29, 0.717) is 11.1 Å². The molecular weight excluding hydrogens is 576 g/mol. The largest absolute Gasteiger partial charge is 0.456 e. The summed E-state index contributed by atoms with van der Waals surface area (Å²) in [7, 11) is 0. The monoisotopic (exact) mass is 618 g/mol. The van der Waals surface area contributed by atoms with E-state index in [9.17, 15) is 1.37 Å². The molecule has 0 fully saturated rings. The zero-order valence-electron chi connectivity index (χ0n) is 37.1. The highest BCUT2D eigenvalue weighted by molar-refractivity contribution is 6.13. The molecule has 5 heteroatoms. The lowest BCUT2D eigenvalue weighted by atomic mass is 9.82. The van der Waals surface area contributed by atoms with E-state index in [1.807, 2.05) is 36.4 Å². The van der Waals surface area contributed by atoms with Crippen LogP contribution in [0.2, 0.25) is 0 Å². The quantitative estimate of drug-likeness (QED) is 0.192. The minimum Gasteiger partial charge on any atom is -0.456 e. The first kappa shape index (κ1) is 17.6. The van der Waals surface area contributed by atoms with Crippen molar-refractivity contribution in [1.82, 2.24) is 15.0 Å². The van der Waals surface area contributed by atoms with E-state index in [1.165, 1.54) is 0 Å². The highest BCUT2D eigenvalue weighted by Crippen LogP contribution is 2.49. The van der Waals surface area contributed by atoms with Crippen LogP contribution in [0.25, 0.3) is 55.8 Å². The number of fused-ring (bicyclic) bond motifs is 6. The van der Waals surface area contributed by atoms with Gasteiger partial charge in [-0.05, 0) is 58.5 Å². The van der Waals surface area contributed by atoms with Gasteiger partial charge in [0.2, 0.25) is 5.95 Å². The number of rotatable bonds is 5. The Morgan fingerprint density at radius 3 is 2.17 bits per heavy atom. The van der Waals surface area contributed by atoms with E-state index < -0.39 is 89.5 Å². The molecule has 0 spiro atoms. The molecule has 0 amide bonds. The molecule has 6 aromatic carbocycles. The van der Waals surface area contributed by atoms with Gasteiger partial charge in [-0.2, -0.15) is 9.97 Å². The SMILES string of the molecule is [2H]c1c([2H])c([2H])c(N(c2nc(-c3ccccc3)nc(-c3ccc4c(c3)-c3ccccc3C4(C)C)n2)c2c([2H])c([2H])c([2H])c3oc4c([2H])c([2H])c([2H])c([2H])c4c23)c([2H])c1[2H]. The lowest BCUT2D eigenvalue weighted by molar-refractivity contribution is 0.660.